The van der Waals surface area contributed by atoms with Gasteiger partial charge in [0.1, 0.15) is 11.8 Å². The number of benzene rings is 1. The molecule has 2 aromatic heterocycles. The monoisotopic (exact) mass is 326 g/mol. The van der Waals surface area contributed by atoms with Crippen molar-refractivity contribution in [3.63, 3.8) is 0 Å². The molecule has 0 bridgehead atoms. The molecule has 2 heterocycles. The number of amides is 1. The van der Waals surface area contributed by atoms with Gasteiger partial charge in [0, 0.05) is 19.2 Å². The second-order valence-electron chi connectivity index (χ2n) is 5.12. The third kappa shape index (κ3) is 2.65. The van der Waals surface area contributed by atoms with Gasteiger partial charge in [0.25, 0.3) is 5.69 Å². The molecule has 3 aromatic rings. The van der Waals surface area contributed by atoms with E-state index in [9.17, 15) is 20.0 Å². The lowest BCUT2D eigenvalue weighted by Crippen LogP contribution is -2.27. The number of furan rings is 1. The van der Waals surface area contributed by atoms with Gasteiger partial charge in [0.05, 0.1) is 22.1 Å². The van der Waals surface area contributed by atoms with E-state index in [0.717, 1.165) is 6.07 Å². The zero-order valence-electron chi connectivity index (χ0n) is 12.6. The van der Waals surface area contributed by atoms with Gasteiger partial charge in [-0.15, -0.1) is 0 Å². The summed E-state index contributed by atoms with van der Waals surface area (Å²) in [6.07, 6.45) is 2.78. The summed E-state index contributed by atoms with van der Waals surface area (Å²) in [5.41, 5.74) is -0.253. The molecule has 0 aliphatic heterocycles. The number of nitrogens with zero attached hydrogens (tertiary/aromatic N) is 2. The average Bonchev–Trinajstić information content (AvgIpc) is 3.07. The Kier molecular flexibility index (Phi) is 3.87. The molecule has 122 valence electrons. The number of hydrogen-bond donors (Lipinski definition) is 1. The number of nitro groups is 1. The van der Waals surface area contributed by atoms with E-state index in [-0.39, 0.29) is 22.2 Å². The molecule has 0 aliphatic carbocycles. The van der Waals surface area contributed by atoms with Crippen LogP contribution >= 0.6 is 0 Å². The molecule has 0 saturated heterocycles. The molecular weight excluding hydrogens is 314 g/mol. The van der Waals surface area contributed by atoms with E-state index >= 15 is 0 Å². The van der Waals surface area contributed by atoms with Gasteiger partial charge in [0.2, 0.25) is 5.91 Å². The summed E-state index contributed by atoms with van der Waals surface area (Å²) in [7, 11) is 0. The number of carbonyl (C=O) groups excluding carboxylic acids is 1. The quantitative estimate of drug-likeness (QED) is 0.578. The van der Waals surface area contributed by atoms with E-state index in [0.29, 0.717) is 5.76 Å². The molecule has 1 amide bonds. The van der Waals surface area contributed by atoms with Crippen LogP contribution in [0, 0.1) is 10.1 Å². The minimum absolute atomic E-state index is 0.0244. The Hall–Kier alpha value is -3.42. The number of pyridine rings is 1. The SMILES string of the molecule is CC(=O)N[C@@H](c1ccco1)c1cc([N+](=O)[O-])c2cccnc2c1[O-]. The first-order chi connectivity index (χ1) is 11.5. The van der Waals surface area contributed by atoms with Crippen molar-refractivity contribution in [3.8, 4) is 5.75 Å². The number of carbonyl (C=O) groups is 1. The standard InChI is InChI=1S/C16H13N3O5/c1-9(20)18-14(13-5-3-7-24-13)11-8-12(19(22)23)10-4-2-6-17-15(10)16(11)21/h2-8,14,21H,1H3,(H,18,20)/p-1/t14-/m1/s1. The predicted molar refractivity (Wildman–Crippen MR) is 82.2 cm³/mol. The molecule has 8 heteroatoms. The lowest BCUT2D eigenvalue weighted by Gasteiger charge is -2.23. The van der Waals surface area contributed by atoms with Crippen LogP contribution in [0.3, 0.4) is 0 Å². The fourth-order valence-corrected chi connectivity index (χ4v) is 2.55. The van der Waals surface area contributed by atoms with E-state index < -0.39 is 22.6 Å². The molecule has 1 atom stereocenters. The van der Waals surface area contributed by atoms with Gasteiger partial charge in [-0.1, -0.05) is 5.75 Å². The fraction of sp³-hybridized carbons (Fsp3) is 0.125. The summed E-state index contributed by atoms with van der Waals surface area (Å²) < 4.78 is 5.27. The molecule has 0 fully saturated rings. The van der Waals surface area contributed by atoms with Crippen LogP contribution in [0.4, 0.5) is 5.69 Å². The fourth-order valence-electron chi connectivity index (χ4n) is 2.55. The topological polar surface area (TPSA) is 121 Å². The molecular formula is C16H12N3O5-. The first-order valence-electron chi connectivity index (χ1n) is 7.02. The zero-order chi connectivity index (χ0) is 17.3. The third-order valence-electron chi connectivity index (χ3n) is 3.54. The van der Waals surface area contributed by atoms with Crippen molar-refractivity contribution in [2.24, 2.45) is 0 Å². The largest absolute Gasteiger partial charge is 0.871 e. The van der Waals surface area contributed by atoms with Gasteiger partial charge in [-0.25, -0.2) is 0 Å². The number of nitrogens with one attached hydrogen (secondary N) is 1. The molecule has 8 nitrogen and oxygen atoms in total. The van der Waals surface area contributed by atoms with Crippen LogP contribution in [0.5, 0.6) is 5.75 Å². The molecule has 1 aromatic carbocycles. The van der Waals surface area contributed by atoms with E-state index in [1.54, 1.807) is 12.1 Å². The van der Waals surface area contributed by atoms with Gasteiger partial charge in [-0.2, -0.15) is 0 Å². The number of rotatable bonds is 4. The summed E-state index contributed by atoms with van der Waals surface area (Å²) in [6.45, 7) is 1.29. The molecule has 0 spiro atoms. The highest BCUT2D eigenvalue weighted by atomic mass is 16.6. The first-order valence-corrected chi connectivity index (χ1v) is 7.02. The predicted octanol–water partition coefficient (Wildman–Crippen LogP) is 2.04. The van der Waals surface area contributed by atoms with Crippen LogP contribution in [-0.4, -0.2) is 15.8 Å². The van der Waals surface area contributed by atoms with Crippen LogP contribution < -0.4 is 10.4 Å². The third-order valence-corrected chi connectivity index (χ3v) is 3.54. The summed E-state index contributed by atoms with van der Waals surface area (Å²) >= 11 is 0. The summed E-state index contributed by atoms with van der Waals surface area (Å²) in [4.78, 5) is 26.3. The van der Waals surface area contributed by atoms with Crippen LogP contribution in [-0.2, 0) is 4.79 Å². The Bertz CT molecular complexity index is 921. The normalized spacial score (nSPS) is 12.0. The highest BCUT2D eigenvalue weighted by Crippen LogP contribution is 2.38. The number of hydrogen-bond acceptors (Lipinski definition) is 6. The van der Waals surface area contributed by atoms with Gasteiger partial charge < -0.3 is 14.8 Å². The Balaban J connectivity index is 2.29. The van der Waals surface area contributed by atoms with Crippen molar-refractivity contribution >= 4 is 22.5 Å². The maximum atomic E-state index is 12.7. The Morgan fingerprint density at radius 3 is 2.79 bits per heavy atom. The highest BCUT2D eigenvalue weighted by molar-refractivity contribution is 5.93. The Labute approximate surface area is 135 Å². The van der Waals surface area contributed by atoms with Gasteiger partial charge >= 0.3 is 0 Å². The number of aromatic nitrogens is 1. The molecule has 0 aliphatic rings. The summed E-state index contributed by atoms with van der Waals surface area (Å²) in [5.74, 6) is -0.599. The molecule has 0 unspecified atom stereocenters. The minimum Gasteiger partial charge on any atom is -0.871 e. The molecule has 0 radical (unpaired) electrons. The maximum absolute atomic E-state index is 12.7. The van der Waals surface area contributed by atoms with Crippen molar-refractivity contribution in [2.75, 3.05) is 0 Å². The summed E-state index contributed by atoms with van der Waals surface area (Å²) in [6, 6.07) is 6.39. The first kappa shape index (κ1) is 15.5. The van der Waals surface area contributed by atoms with Gasteiger partial charge in [0.15, 0.2) is 0 Å². The number of non-ortho nitro benzene ring substituents is 1. The molecule has 1 N–H and O–H groups in total. The maximum Gasteiger partial charge on any atom is 0.279 e. The molecule has 24 heavy (non-hydrogen) atoms. The lowest BCUT2D eigenvalue weighted by molar-refractivity contribution is -0.383. The highest BCUT2D eigenvalue weighted by Gasteiger charge is 2.24. The van der Waals surface area contributed by atoms with E-state index in [2.05, 4.69) is 10.3 Å². The van der Waals surface area contributed by atoms with Crippen molar-refractivity contribution in [1.29, 1.82) is 0 Å². The van der Waals surface area contributed by atoms with Gasteiger partial charge in [-0.3, -0.25) is 19.9 Å². The second-order valence-corrected chi connectivity index (χ2v) is 5.12. The van der Waals surface area contributed by atoms with Crippen LogP contribution in [0.15, 0.2) is 47.2 Å². The number of fused-ring (bicyclic) bond motifs is 1. The minimum atomic E-state index is -0.935. The zero-order valence-corrected chi connectivity index (χ0v) is 12.6. The van der Waals surface area contributed by atoms with E-state index in [1.807, 2.05) is 0 Å². The van der Waals surface area contributed by atoms with Gasteiger partial charge in [-0.05, 0) is 29.8 Å². The van der Waals surface area contributed by atoms with E-state index in [1.165, 1.54) is 31.5 Å². The lowest BCUT2D eigenvalue weighted by atomic mass is 9.99. The van der Waals surface area contributed by atoms with Crippen molar-refractivity contribution in [2.45, 2.75) is 13.0 Å². The van der Waals surface area contributed by atoms with E-state index in [4.69, 9.17) is 4.42 Å². The Morgan fingerprint density at radius 2 is 2.17 bits per heavy atom. The second kappa shape index (κ2) is 5.99. The molecule has 0 saturated carbocycles. The molecule has 3 rings (SSSR count). The van der Waals surface area contributed by atoms with Crippen molar-refractivity contribution < 1.29 is 19.2 Å². The number of nitro benzene ring substituents is 1. The van der Waals surface area contributed by atoms with Crippen molar-refractivity contribution in [1.82, 2.24) is 10.3 Å². The Morgan fingerprint density at radius 1 is 1.38 bits per heavy atom. The smallest absolute Gasteiger partial charge is 0.279 e. The summed E-state index contributed by atoms with van der Waals surface area (Å²) in [5, 5.41) is 26.9. The van der Waals surface area contributed by atoms with Crippen molar-refractivity contribution in [3.05, 3.63) is 64.2 Å². The average molecular weight is 326 g/mol. The van der Waals surface area contributed by atoms with Crippen LogP contribution in [0.1, 0.15) is 24.3 Å². The van der Waals surface area contributed by atoms with Crippen LogP contribution in [0.25, 0.3) is 10.9 Å². The van der Waals surface area contributed by atoms with Crippen LogP contribution in [0.2, 0.25) is 0 Å².